The summed E-state index contributed by atoms with van der Waals surface area (Å²) in [7, 11) is 0. The molecule has 6 heteroatoms. The summed E-state index contributed by atoms with van der Waals surface area (Å²) in [5.74, 6) is 0. The van der Waals surface area contributed by atoms with Crippen molar-refractivity contribution < 1.29 is 5.11 Å². The first-order chi connectivity index (χ1) is 7.37. The highest BCUT2D eigenvalue weighted by molar-refractivity contribution is 6.30. The van der Waals surface area contributed by atoms with Crippen LogP contribution in [0.5, 0.6) is 0 Å². The summed E-state index contributed by atoms with van der Waals surface area (Å²) in [5, 5.41) is 39.4. The number of allylic oxidation sites excluding steroid dienone is 1. The van der Waals surface area contributed by atoms with Gasteiger partial charge in [-0.3, -0.25) is 0 Å². The third-order valence-corrected chi connectivity index (χ3v) is 3.25. The molecule has 0 bridgehead atoms. The van der Waals surface area contributed by atoms with E-state index < -0.39 is 17.1 Å². The van der Waals surface area contributed by atoms with Gasteiger partial charge in [0.1, 0.15) is 17.5 Å². The van der Waals surface area contributed by atoms with Gasteiger partial charge in [0.2, 0.25) is 0 Å². The number of halogens is 1. The van der Waals surface area contributed by atoms with Gasteiger partial charge in [-0.2, -0.15) is 15.8 Å². The average molecular weight is 237 g/mol. The molecule has 2 N–H and O–H groups in total. The average Bonchev–Trinajstić information content (AvgIpc) is 2.23. The highest BCUT2D eigenvalue weighted by atomic mass is 35.5. The zero-order chi connectivity index (χ0) is 12.6. The second-order valence-electron chi connectivity index (χ2n) is 4.04. The van der Waals surface area contributed by atoms with E-state index in [0.717, 1.165) is 0 Å². The van der Waals surface area contributed by atoms with Crippen molar-refractivity contribution in [3.05, 3.63) is 10.7 Å². The van der Waals surface area contributed by atoms with E-state index >= 15 is 0 Å². The molecule has 1 heterocycles. The third-order valence-electron chi connectivity index (χ3n) is 2.96. The quantitative estimate of drug-likeness (QED) is 0.609. The second-order valence-corrected chi connectivity index (χ2v) is 4.42. The Bertz CT molecular complexity index is 461. The minimum Gasteiger partial charge on any atom is -0.373 e. The first-order valence-corrected chi connectivity index (χ1v) is 4.82. The minimum absolute atomic E-state index is 0.155. The zero-order valence-corrected chi connectivity index (χ0v) is 9.50. The molecular formula is C10H9ClN4O. The molecule has 0 saturated heterocycles. The van der Waals surface area contributed by atoms with Crippen LogP contribution in [-0.2, 0) is 0 Å². The maximum Gasteiger partial charge on any atom is 0.190 e. The van der Waals surface area contributed by atoms with Crippen molar-refractivity contribution in [3.8, 4) is 18.2 Å². The summed E-state index contributed by atoms with van der Waals surface area (Å²) in [5.41, 5.74) is -3.04. The molecule has 1 rings (SSSR count). The van der Waals surface area contributed by atoms with E-state index in [0.29, 0.717) is 0 Å². The van der Waals surface area contributed by atoms with Crippen molar-refractivity contribution in [2.75, 3.05) is 0 Å². The van der Waals surface area contributed by atoms with Crippen LogP contribution in [0.3, 0.4) is 0 Å². The molecule has 16 heavy (non-hydrogen) atoms. The summed E-state index contributed by atoms with van der Waals surface area (Å²) in [4.78, 5) is 0. The van der Waals surface area contributed by atoms with Crippen LogP contribution in [0.1, 0.15) is 13.8 Å². The predicted octanol–water partition coefficient (Wildman–Crippen LogP) is 0.942. The Morgan fingerprint density at radius 1 is 1.31 bits per heavy atom. The monoisotopic (exact) mass is 236 g/mol. The Kier molecular flexibility index (Phi) is 2.84. The number of nitrogens with zero attached hydrogens (tertiary/aromatic N) is 3. The molecule has 1 aliphatic heterocycles. The van der Waals surface area contributed by atoms with Crippen molar-refractivity contribution in [2.45, 2.75) is 20.1 Å². The van der Waals surface area contributed by atoms with E-state index in [2.05, 4.69) is 5.32 Å². The largest absolute Gasteiger partial charge is 0.373 e. The highest BCUT2D eigenvalue weighted by Gasteiger charge is 2.57. The van der Waals surface area contributed by atoms with Gasteiger partial charge in [-0.25, -0.2) is 0 Å². The van der Waals surface area contributed by atoms with Gasteiger partial charge in [-0.1, -0.05) is 25.4 Å². The van der Waals surface area contributed by atoms with Crippen molar-refractivity contribution >= 4 is 11.6 Å². The number of hydrogen-bond donors (Lipinski definition) is 2. The maximum atomic E-state index is 9.78. The molecule has 0 unspecified atom stereocenters. The van der Waals surface area contributed by atoms with Gasteiger partial charge in [0.05, 0.1) is 17.7 Å². The van der Waals surface area contributed by atoms with Crippen LogP contribution in [0, 0.1) is 44.8 Å². The molecule has 0 aliphatic carbocycles. The molecule has 0 aromatic rings. The van der Waals surface area contributed by atoms with Crippen LogP contribution in [0.15, 0.2) is 10.7 Å². The lowest BCUT2D eigenvalue weighted by atomic mass is 9.61. The molecule has 0 fully saturated rings. The smallest absolute Gasteiger partial charge is 0.190 e. The fraction of sp³-hybridized carbons (Fsp3) is 0.500. The Hall–Kier alpha value is -1.74. The summed E-state index contributed by atoms with van der Waals surface area (Å²) >= 11 is 5.73. The van der Waals surface area contributed by atoms with E-state index in [1.165, 1.54) is 13.8 Å². The summed E-state index contributed by atoms with van der Waals surface area (Å²) in [6, 6.07) is 5.34. The van der Waals surface area contributed by atoms with E-state index in [1.807, 2.05) is 0 Å². The number of rotatable bonds is 0. The van der Waals surface area contributed by atoms with E-state index in [4.69, 9.17) is 27.4 Å². The zero-order valence-electron chi connectivity index (χ0n) is 8.74. The molecule has 0 spiro atoms. The lowest BCUT2D eigenvalue weighted by Crippen LogP contribution is -2.55. The van der Waals surface area contributed by atoms with Crippen LogP contribution in [0.4, 0.5) is 0 Å². The van der Waals surface area contributed by atoms with Crippen molar-refractivity contribution in [3.63, 3.8) is 0 Å². The van der Waals surface area contributed by atoms with Crippen LogP contribution in [-0.4, -0.2) is 11.3 Å². The molecule has 1 aliphatic rings. The van der Waals surface area contributed by atoms with Crippen molar-refractivity contribution in [2.24, 2.45) is 10.8 Å². The highest BCUT2D eigenvalue weighted by Crippen LogP contribution is 2.49. The SMILES string of the molecule is CC1(C)[C@H](O)NC(Cl)=C(C#N)C1(C#N)C#N. The maximum absolute atomic E-state index is 9.78. The summed E-state index contributed by atoms with van der Waals surface area (Å²) < 4.78 is 0. The first-order valence-electron chi connectivity index (χ1n) is 4.45. The van der Waals surface area contributed by atoms with E-state index in [-0.39, 0.29) is 10.7 Å². The molecular weight excluding hydrogens is 228 g/mol. The van der Waals surface area contributed by atoms with Crippen molar-refractivity contribution in [1.82, 2.24) is 5.32 Å². The van der Waals surface area contributed by atoms with Gasteiger partial charge in [-0.05, 0) is 0 Å². The molecule has 82 valence electrons. The lowest BCUT2D eigenvalue weighted by molar-refractivity contribution is -0.0145. The van der Waals surface area contributed by atoms with Gasteiger partial charge < -0.3 is 10.4 Å². The molecule has 0 saturated carbocycles. The Morgan fingerprint density at radius 2 is 1.81 bits per heavy atom. The minimum atomic E-state index is -1.75. The van der Waals surface area contributed by atoms with Gasteiger partial charge in [0, 0.05) is 5.41 Å². The Morgan fingerprint density at radius 3 is 2.19 bits per heavy atom. The normalized spacial score (nSPS) is 25.9. The summed E-state index contributed by atoms with van der Waals surface area (Å²) in [6.07, 6.45) is -1.17. The Balaban J connectivity index is 3.63. The number of aliphatic hydroxyl groups excluding tert-OH is 1. The molecule has 5 nitrogen and oxygen atoms in total. The van der Waals surface area contributed by atoms with Gasteiger partial charge >= 0.3 is 0 Å². The Labute approximate surface area is 98.2 Å². The fourth-order valence-electron chi connectivity index (χ4n) is 1.62. The van der Waals surface area contributed by atoms with Crippen LogP contribution < -0.4 is 5.32 Å². The van der Waals surface area contributed by atoms with E-state index in [1.54, 1.807) is 18.2 Å². The number of nitriles is 3. The summed E-state index contributed by atoms with van der Waals surface area (Å²) in [6.45, 7) is 3.05. The third kappa shape index (κ3) is 1.25. The number of nitrogens with one attached hydrogen (secondary N) is 1. The van der Waals surface area contributed by atoms with Crippen LogP contribution >= 0.6 is 11.6 Å². The van der Waals surface area contributed by atoms with Gasteiger partial charge in [0.15, 0.2) is 5.41 Å². The lowest BCUT2D eigenvalue weighted by Gasteiger charge is -2.43. The van der Waals surface area contributed by atoms with Crippen LogP contribution in [0.25, 0.3) is 0 Å². The predicted molar refractivity (Wildman–Crippen MR) is 55.1 cm³/mol. The second kappa shape index (κ2) is 3.68. The molecule has 0 radical (unpaired) electrons. The molecule has 0 aromatic carbocycles. The van der Waals surface area contributed by atoms with Crippen LogP contribution in [0.2, 0.25) is 0 Å². The van der Waals surface area contributed by atoms with Gasteiger partial charge in [0.25, 0.3) is 0 Å². The first kappa shape index (κ1) is 12.3. The van der Waals surface area contributed by atoms with E-state index in [9.17, 15) is 5.11 Å². The standard InChI is InChI=1S/C10H9ClN4O/c1-9(2)8(16)15-7(11)6(3-12)10(9,4-13)5-14/h8,15-16H,1-2H3/t8-/m0/s1. The topological polar surface area (TPSA) is 104 Å². The van der Waals surface area contributed by atoms with Crippen molar-refractivity contribution in [1.29, 1.82) is 15.8 Å². The number of aliphatic hydroxyl groups is 1. The fourth-order valence-corrected chi connectivity index (χ4v) is 1.91. The molecule has 0 amide bonds. The number of hydrogen-bond acceptors (Lipinski definition) is 5. The molecule has 1 atom stereocenters. The van der Waals surface area contributed by atoms with Gasteiger partial charge in [-0.15, -0.1) is 0 Å². The molecule has 0 aromatic heterocycles.